The quantitative estimate of drug-likeness (QED) is 0.217. The summed E-state index contributed by atoms with van der Waals surface area (Å²) < 4.78 is 11.2. The third kappa shape index (κ3) is 9.47. The van der Waals surface area contributed by atoms with Crippen LogP contribution >= 0.6 is 0 Å². The van der Waals surface area contributed by atoms with Crippen molar-refractivity contribution in [2.75, 3.05) is 20.2 Å². The predicted molar refractivity (Wildman–Crippen MR) is 143 cm³/mol. The number of hydrogen-bond acceptors (Lipinski definition) is 8. The molecule has 40 heavy (non-hydrogen) atoms. The molecule has 0 radical (unpaired) electrons. The summed E-state index contributed by atoms with van der Waals surface area (Å²) in [7, 11) is 1.50. The van der Waals surface area contributed by atoms with Gasteiger partial charge in [0, 0.05) is 25.6 Å². The summed E-state index contributed by atoms with van der Waals surface area (Å²) in [4.78, 5) is 77.7. The first-order valence-corrected chi connectivity index (χ1v) is 12.9. The fourth-order valence-corrected chi connectivity index (χ4v) is 4.17. The molecule has 0 bridgehead atoms. The lowest BCUT2D eigenvalue weighted by Gasteiger charge is -2.25. The lowest BCUT2D eigenvalue weighted by Crippen LogP contribution is -2.52. The maximum absolute atomic E-state index is 13.2. The lowest BCUT2D eigenvalue weighted by molar-refractivity contribution is -0.141. The van der Waals surface area contributed by atoms with Gasteiger partial charge < -0.3 is 34.9 Å². The van der Waals surface area contributed by atoms with Gasteiger partial charge in [-0.05, 0) is 18.1 Å². The van der Waals surface area contributed by atoms with Crippen LogP contribution in [0.15, 0.2) is 29.3 Å². The van der Waals surface area contributed by atoms with Gasteiger partial charge in [0.2, 0.25) is 23.6 Å². The second kappa shape index (κ2) is 15.3. The van der Waals surface area contributed by atoms with E-state index in [1.54, 1.807) is 24.3 Å². The molecule has 1 fully saturated rings. The number of carboxylic acid groups (broad SMARTS) is 1. The highest BCUT2D eigenvalue weighted by molar-refractivity contribution is 5.99. The minimum Gasteiger partial charge on any atom is -0.497 e. The molecule has 1 unspecified atom stereocenters. The highest BCUT2D eigenvalue weighted by atomic mass is 16.5. The van der Waals surface area contributed by atoms with Crippen LogP contribution in [0.1, 0.15) is 40.0 Å². The van der Waals surface area contributed by atoms with Crippen LogP contribution in [0.4, 0.5) is 0 Å². The highest BCUT2D eigenvalue weighted by Crippen LogP contribution is 2.26. The van der Waals surface area contributed by atoms with E-state index in [-0.39, 0.29) is 18.9 Å². The number of likely N-dealkylation sites (tertiary alicyclic amines) is 1. The summed E-state index contributed by atoms with van der Waals surface area (Å²) in [5.74, 6) is -3.44. The molecule has 218 valence electrons. The minimum atomic E-state index is -1.28. The van der Waals surface area contributed by atoms with Gasteiger partial charge in [-0.25, -0.2) is 4.99 Å². The summed E-state index contributed by atoms with van der Waals surface area (Å²) in [6.45, 7) is 4.52. The van der Waals surface area contributed by atoms with Crippen molar-refractivity contribution in [2.24, 2.45) is 16.8 Å². The zero-order valence-corrected chi connectivity index (χ0v) is 23.0. The van der Waals surface area contributed by atoms with Crippen LogP contribution in [0.25, 0.3) is 0 Å². The normalized spacial score (nSPS) is 18.9. The molecule has 1 aromatic carbocycles. The maximum Gasteiger partial charge on any atom is 0.305 e. The van der Waals surface area contributed by atoms with Gasteiger partial charge in [-0.2, -0.15) is 0 Å². The predicted octanol–water partition coefficient (Wildman–Crippen LogP) is 0.598. The highest BCUT2D eigenvalue weighted by Gasteiger charge is 2.41. The number of methoxy groups -OCH3 is 1. The Balaban J connectivity index is 2.19. The number of aliphatic carboxylic acids is 1. The Labute approximate surface area is 232 Å². The molecule has 13 heteroatoms. The van der Waals surface area contributed by atoms with Crippen LogP contribution in [-0.4, -0.2) is 90.5 Å². The number of carbonyl (C=O) groups is 6. The van der Waals surface area contributed by atoms with Crippen molar-refractivity contribution in [3.05, 3.63) is 24.3 Å². The number of hydrogen-bond donors (Lipinski definition) is 3. The smallest absolute Gasteiger partial charge is 0.305 e. The molecule has 2 rings (SSSR count). The maximum atomic E-state index is 13.2. The Hall–Kier alpha value is -4.29. The van der Waals surface area contributed by atoms with E-state index in [1.165, 1.54) is 25.1 Å². The first kappa shape index (κ1) is 31.9. The van der Waals surface area contributed by atoms with Gasteiger partial charge in [0.25, 0.3) is 0 Å². The van der Waals surface area contributed by atoms with Crippen LogP contribution < -0.4 is 20.1 Å². The van der Waals surface area contributed by atoms with E-state index in [4.69, 9.17) is 14.6 Å². The molecule has 1 aliphatic rings. The standard InChI is InChI=1S/C27H36N4O9/c1-5-16(2)22(12-28-17(3)33)26(37)29-13-24(34)31-14-21(40-20-8-6-7-19(10-20)39-4)11-23(31)27(38)30-18(15-32)9-25(35)36/h6-8,10,12,15-16,18,21-23H,5,9,11,13-14H2,1-4H3,(H,29,37)(H,30,38)(H,35,36)/t16-,18-,21-,22?,23-/m0/s1. The van der Waals surface area contributed by atoms with Gasteiger partial charge in [0.1, 0.15) is 29.9 Å². The van der Waals surface area contributed by atoms with Crippen molar-refractivity contribution in [3.63, 3.8) is 0 Å². The second-order valence-corrected chi connectivity index (χ2v) is 9.49. The third-order valence-electron chi connectivity index (χ3n) is 6.51. The van der Waals surface area contributed by atoms with E-state index in [0.717, 1.165) is 0 Å². The average molecular weight is 561 g/mol. The van der Waals surface area contributed by atoms with Crippen LogP contribution in [0, 0.1) is 11.8 Å². The molecule has 13 nitrogen and oxygen atoms in total. The monoisotopic (exact) mass is 560 g/mol. The number of benzene rings is 1. The zero-order valence-electron chi connectivity index (χ0n) is 23.0. The van der Waals surface area contributed by atoms with Crippen molar-refractivity contribution in [3.8, 4) is 11.5 Å². The number of nitrogens with one attached hydrogen (secondary N) is 2. The van der Waals surface area contributed by atoms with Crippen molar-refractivity contribution >= 4 is 42.1 Å². The van der Waals surface area contributed by atoms with Gasteiger partial charge in [-0.15, -0.1) is 0 Å². The van der Waals surface area contributed by atoms with Crippen molar-refractivity contribution in [2.45, 2.75) is 58.2 Å². The number of carbonyl (C=O) groups excluding carboxylic acids is 5. The topological polar surface area (TPSA) is 181 Å². The van der Waals surface area contributed by atoms with E-state index in [9.17, 15) is 28.8 Å². The van der Waals surface area contributed by atoms with Crippen molar-refractivity contribution in [1.82, 2.24) is 15.5 Å². The minimum absolute atomic E-state index is 0.00469. The van der Waals surface area contributed by atoms with E-state index in [0.29, 0.717) is 24.2 Å². The Bertz CT molecular complexity index is 1120. The first-order valence-electron chi connectivity index (χ1n) is 12.9. The fraction of sp³-hybridized carbons (Fsp3) is 0.519. The summed E-state index contributed by atoms with van der Waals surface area (Å²) in [6.07, 6.45) is 1.03. The van der Waals surface area contributed by atoms with E-state index in [1.807, 2.05) is 13.8 Å². The number of aldehydes is 1. The summed E-state index contributed by atoms with van der Waals surface area (Å²) >= 11 is 0. The van der Waals surface area contributed by atoms with Crippen molar-refractivity contribution in [1.29, 1.82) is 0 Å². The van der Waals surface area contributed by atoms with E-state index < -0.39 is 66.7 Å². The third-order valence-corrected chi connectivity index (χ3v) is 6.51. The number of ether oxygens (including phenoxy) is 2. The number of aliphatic imine (C=N–C) groups is 1. The zero-order chi connectivity index (χ0) is 29.8. The fourth-order valence-electron chi connectivity index (χ4n) is 4.17. The molecular formula is C27H36N4O9. The Morgan fingerprint density at radius 2 is 1.93 bits per heavy atom. The first-order chi connectivity index (χ1) is 19.0. The molecular weight excluding hydrogens is 524 g/mol. The van der Waals surface area contributed by atoms with Gasteiger partial charge in [-0.3, -0.25) is 24.0 Å². The largest absolute Gasteiger partial charge is 0.497 e. The number of amides is 4. The van der Waals surface area contributed by atoms with Gasteiger partial charge >= 0.3 is 5.97 Å². The van der Waals surface area contributed by atoms with Crippen LogP contribution in [-0.2, 0) is 28.8 Å². The second-order valence-electron chi connectivity index (χ2n) is 9.49. The van der Waals surface area contributed by atoms with Gasteiger partial charge in [-0.1, -0.05) is 26.3 Å². The lowest BCUT2D eigenvalue weighted by atomic mass is 9.92. The van der Waals surface area contributed by atoms with Crippen molar-refractivity contribution < 1.29 is 43.3 Å². The Kier molecular flexibility index (Phi) is 12.2. The summed E-state index contributed by atoms with van der Waals surface area (Å²) in [5, 5.41) is 13.9. The van der Waals surface area contributed by atoms with Gasteiger partial charge in [0.15, 0.2) is 0 Å². The SMILES string of the molecule is CC[C@H](C)C(C=NC(C)=O)C(=O)NCC(=O)N1C[C@@H](Oc2cccc(OC)c2)C[C@H]1C(=O)N[C@H](C=O)CC(=O)O. The number of carboxylic acids is 1. The van der Waals surface area contributed by atoms with Crippen LogP contribution in [0.3, 0.4) is 0 Å². The molecule has 1 aliphatic heterocycles. The van der Waals surface area contributed by atoms with Crippen LogP contribution in [0.2, 0.25) is 0 Å². The van der Waals surface area contributed by atoms with E-state index in [2.05, 4.69) is 15.6 Å². The molecule has 1 saturated heterocycles. The molecule has 0 aliphatic carbocycles. The summed E-state index contributed by atoms with van der Waals surface area (Å²) in [6, 6.07) is 4.42. The molecule has 5 atom stereocenters. The molecule has 0 saturated carbocycles. The van der Waals surface area contributed by atoms with Gasteiger partial charge in [0.05, 0.1) is 38.6 Å². The summed E-state index contributed by atoms with van der Waals surface area (Å²) in [5.41, 5.74) is 0. The molecule has 4 amide bonds. The van der Waals surface area contributed by atoms with E-state index >= 15 is 0 Å². The Morgan fingerprint density at radius 3 is 2.52 bits per heavy atom. The molecule has 0 spiro atoms. The molecule has 1 aromatic rings. The average Bonchev–Trinajstić information content (AvgIpc) is 3.34. The number of rotatable bonds is 14. The molecule has 0 aromatic heterocycles. The van der Waals surface area contributed by atoms with Crippen LogP contribution in [0.5, 0.6) is 11.5 Å². The molecule has 3 N–H and O–H groups in total. The Morgan fingerprint density at radius 1 is 1.23 bits per heavy atom. The molecule has 1 heterocycles. The number of nitrogens with zero attached hydrogens (tertiary/aromatic N) is 2.